The van der Waals surface area contributed by atoms with Crippen molar-refractivity contribution in [2.24, 2.45) is 5.41 Å². The highest BCUT2D eigenvalue weighted by Crippen LogP contribution is 2.42. The van der Waals surface area contributed by atoms with Crippen LogP contribution in [0.2, 0.25) is 0 Å². The summed E-state index contributed by atoms with van der Waals surface area (Å²) in [5.74, 6) is -0.130. The third-order valence-electron chi connectivity index (χ3n) is 3.53. The van der Waals surface area contributed by atoms with Crippen LogP contribution in [0.3, 0.4) is 0 Å². The van der Waals surface area contributed by atoms with Gasteiger partial charge in [-0.1, -0.05) is 19.3 Å². The minimum Gasteiger partial charge on any atom is -0.465 e. The highest BCUT2D eigenvalue weighted by Gasteiger charge is 2.35. The van der Waals surface area contributed by atoms with Crippen molar-refractivity contribution in [3.05, 3.63) is 0 Å². The van der Waals surface area contributed by atoms with Gasteiger partial charge in [0.15, 0.2) is 0 Å². The second-order valence-corrected chi connectivity index (χ2v) is 5.24. The van der Waals surface area contributed by atoms with Crippen molar-refractivity contribution in [2.75, 3.05) is 6.61 Å². The number of rotatable bonds is 6. The predicted molar refractivity (Wildman–Crippen MR) is 66.6 cm³/mol. The molecule has 0 spiro atoms. The minimum absolute atomic E-state index is 0.140. The van der Waals surface area contributed by atoms with Crippen molar-refractivity contribution in [1.29, 1.82) is 5.26 Å². The Labute approximate surface area is 108 Å². The topological polar surface area (TPSA) is 67.2 Å². The second kappa shape index (κ2) is 7.15. The fraction of sp³-hybridized carbons (Fsp3) is 0.786. The first-order chi connectivity index (χ1) is 8.58. The van der Waals surface area contributed by atoms with E-state index in [0.717, 1.165) is 25.7 Å². The first kappa shape index (κ1) is 14.7. The lowest BCUT2D eigenvalue weighted by atomic mass is 9.69. The van der Waals surface area contributed by atoms with Crippen molar-refractivity contribution < 1.29 is 14.3 Å². The third-order valence-corrected chi connectivity index (χ3v) is 3.53. The molecule has 4 nitrogen and oxygen atoms in total. The largest absolute Gasteiger partial charge is 0.465 e. The van der Waals surface area contributed by atoms with Gasteiger partial charge in [-0.3, -0.25) is 4.79 Å². The standard InChI is InChI=1S/C14H21NO3/c1-12(16)10-14(6-3-2-4-7-14)11-13(17)18-9-5-8-15/h2-7,9-11H2,1H3. The van der Waals surface area contributed by atoms with Crippen LogP contribution in [0.25, 0.3) is 0 Å². The van der Waals surface area contributed by atoms with E-state index >= 15 is 0 Å². The molecular formula is C14H21NO3. The van der Waals surface area contributed by atoms with E-state index < -0.39 is 0 Å². The highest BCUT2D eigenvalue weighted by atomic mass is 16.5. The molecule has 0 heterocycles. The quantitative estimate of drug-likeness (QED) is 0.537. The smallest absolute Gasteiger partial charge is 0.306 e. The molecule has 1 fully saturated rings. The average molecular weight is 251 g/mol. The SMILES string of the molecule is CC(=O)CC1(CC(=O)OCCC#N)CCCCC1. The Balaban J connectivity index is 2.52. The van der Waals surface area contributed by atoms with Crippen LogP contribution in [0.4, 0.5) is 0 Å². The van der Waals surface area contributed by atoms with Crippen molar-refractivity contribution in [1.82, 2.24) is 0 Å². The molecule has 0 aromatic carbocycles. The van der Waals surface area contributed by atoms with Gasteiger partial charge in [-0.25, -0.2) is 0 Å². The summed E-state index contributed by atoms with van der Waals surface area (Å²) < 4.78 is 5.02. The molecule has 1 aliphatic carbocycles. The number of carbonyl (C=O) groups is 2. The van der Waals surface area contributed by atoms with E-state index in [1.807, 2.05) is 6.07 Å². The molecule has 0 bridgehead atoms. The molecule has 0 N–H and O–H groups in total. The lowest BCUT2D eigenvalue weighted by Crippen LogP contribution is -2.30. The molecule has 0 amide bonds. The molecule has 18 heavy (non-hydrogen) atoms. The van der Waals surface area contributed by atoms with Gasteiger partial charge in [0, 0.05) is 6.42 Å². The number of ether oxygens (including phenoxy) is 1. The highest BCUT2D eigenvalue weighted by molar-refractivity contribution is 5.78. The van der Waals surface area contributed by atoms with Crippen LogP contribution in [0, 0.1) is 16.7 Å². The van der Waals surface area contributed by atoms with E-state index in [4.69, 9.17) is 10.00 Å². The number of carbonyl (C=O) groups excluding carboxylic acids is 2. The summed E-state index contributed by atoms with van der Waals surface area (Å²) in [6.07, 6.45) is 6.23. The Bertz CT molecular complexity index is 337. The summed E-state index contributed by atoms with van der Waals surface area (Å²) in [5.41, 5.74) is -0.187. The Hall–Kier alpha value is -1.37. The number of hydrogen-bond acceptors (Lipinski definition) is 4. The molecule has 0 aliphatic heterocycles. The van der Waals surface area contributed by atoms with Gasteiger partial charge in [0.25, 0.3) is 0 Å². The fourth-order valence-electron chi connectivity index (χ4n) is 2.81. The zero-order valence-electron chi connectivity index (χ0n) is 11.0. The zero-order valence-corrected chi connectivity index (χ0v) is 11.0. The van der Waals surface area contributed by atoms with E-state index in [-0.39, 0.29) is 30.2 Å². The Morgan fingerprint density at radius 1 is 1.22 bits per heavy atom. The molecule has 1 rings (SSSR count). The maximum Gasteiger partial charge on any atom is 0.306 e. The van der Waals surface area contributed by atoms with Crippen molar-refractivity contribution >= 4 is 11.8 Å². The Morgan fingerprint density at radius 2 is 1.89 bits per heavy atom. The van der Waals surface area contributed by atoms with Gasteiger partial charge < -0.3 is 9.53 Å². The predicted octanol–water partition coefficient (Wildman–Crippen LogP) is 2.76. The second-order valence-electron chi connectivity index (χ2n) is 5.24. The van der Waals surface area contributed by atoms with Crippen molar-refractivity contribution in [2.45, 2.75) is 58.3 Å². The van der Waals surface area contributed by atoms with Crippen molar-refractivity contribution in [3.63, 3.8) is 0 Å². The monoisotopic (exact) mass is 251 g/mol. The lowest BCUT2D eigenvalue weighted by molar-refractivity contribution is -0.147. The van der Waals surface area contributed by atoms with Crippen LogP contribution in [0.15, 0.2) is 0 Å². The summed E-state index contributed by atoms with van der Waals surface area (Å²) in [7, 11) is 0. The van der Waals surface area contributed by atoms with Gasteiger partial charge in [-0.15, -0.1) is 0 Å². The van der Waals surface area contributed by atoms with Gasteiger partial charge in [0.1, 0.15) is 12.4 Å². The lowest BCUT2D eigenvalue weighted by Gasteiger charge is -2.35. The Morgan fingerprint density at radius 3 is 2.44 bits per heavy atom. The van der Waals surface area contributed by atoms with Gasteiger partial charge >= 0.3 is 5.97 Å². The molecule has 4 heteroatoms. The molecule has 1 saturated carbocycles. The minimum atomic E-state index is -0.270. The molecular weight excluding hydrogens is 230 g/mol. The molecule has 1 aliphatic rings. The van der Waals surface area contributed by atoms with Crippen LogP contribution >= 0.6 is 0 Å². The van der Waals surface area contributed by atoms with E-state index in [9.17, 15) is 9.59 Å². The molecule has 100 valence electrons. The van der Waals surface area contributed by atoms with E-state index in [0.29, 0.717) is 12.8 Å². The van der Waals surface area contributed by atoms with Crippen molar-refractivity contribution in [3.8, 4) is 6.07 Å². The number of esters is 1. The number of hydrogen-bond donors (Lipinski definition) is 0. The van der Waals surface area contributed by atoms with Gasteiger partial charge in [-0.05, 0) is 25.2 Å². The van der Waals surface area contributed by atoms with Gasteiger partial charge in [0.2, 0.25) is 0 Å². The maximum atomic E-state index is 11.7. The molecule has 0 saturated heterocycles. The summed E-state index contributed by atoms with van der Waals surface area (Å²) in [6, 6.07) is 1.94. The maximum absolute atomic E-state index is 11.7. The number of nitriles is 1. The summed E-state index contributed by atoms with van der Waals surface area (Å²) in [6.45, 7) is 1.74. The number of ketones is 1. The third kappa shape index (κ3) is 4.87. The summed E-state index contributed by atoms with van der Waals surface area (Å²) in [4.78, 5) is 23.1. The van der Waals surface area contributed by atoms with Crippen LogP contribution in [0.1, 0.15) is 58.3 Å². The number of Topliss-reactive ketones (excluding diaryl/α,β-unsaturated/α-hetero) is 1. The van der Waals surface area contributed by atoms with E-state index in [2.05, 4.69) is 0 Å². The summed E-state index contributed by atoms with van der Waals surface area (Å²) >= 11 is 0. The normalized spacial score (nSPS) is 17.8. The molecule has 0 unspecified atom stereocenters. The van der Waals surface area contributed by atoms with Crippen LogP contribution in [0.5, 0.6) is 0 Å². The van der Waals surface area contributed by atoms with E-state index in [1.165, 1.54) is 6.42 Å². The molecule has 0 aromatic heterocycles. The molecule has 0 atom stereocenters. The van der Waals surface area contributed by atoms with Gasteiger partial charge in [-0.2, -0.15) is 5.26 Å². The Kier molecular flexibility index (Phi) is 5.84. The number of nitrogens with zero attached hydrogens (tertiary/aromatic N) is 1. The molecule has 0 aromatic rings. The first-order valence-electron chi connectivity index (χ1n) is 6.60. The van der Waals surface area contributed by atoms with Gasteiger partial charge in [0.05, 0.1) is 18.9 Å². The average Bonchev–Trinajstić information content (AvgIpc) is 2.29. The fourth-order valence-corrected chi connectivity index (χ4v) is 2.81. The zero-order chi connectivity index (χ0) is 13.4. The van der Waals surface area contributed by atoms with E-state index in [1.54, 1.807) is 6.92 Å². The van der Waals surface area contributed by atoms with Crippen LogP contribution in [-0.4, -0.2) is 18.4 Å². The summed E-state index contributed by atoms with van der Waals surface area (Å²) in [5, 5.41) is 8.38. The van der Waals surface area contributed by atoms with Crippen LogP contribution < -0.4 is 0 Å². The molecule has 0 radical (unpaired) electrons. The van der Waals surface area contributed by atoms with Crippen LogP contribution in [-0.2, 0) is 14.3 Å². The first-order valence-corrected chi connectivity index (χ1v) is 6.60.